The normalized spacial score (nSPS) is 11.0. The minimum Gasteiger partial charge on any atom is -0.382 e. The molecule has 0 fully saturated rings. The van der Waals surface area contributed by atoms with Gasteiger partial charge in [0.25, 0.3) is 5.91 Å². The Kier molecular flexibility index (Phi) is 4.62. The van der Waals surface area contributed by atoms with Crippen LogP contribution in [0, 0.1) is 0 Å². The predicted molar refractivity (Wildman–Crippen MR) is 111 cm³/mol. The smallest absolute Gasteiger partial charge is 0.251 e. The van der Waals surface area contributed by atoms with Crippen LogP contribution >= 0.6 is 11.3 Å². The zero-order valence-corrected chi connectivity index (χ0v) is 15.6. The van der Waals surface area contributed by atoms with E-state index in [2.05, 4.69) is 21.4 Å². The molecule has 0 bridgehead atoms. The first-order valence-corrected chi connectivity index (χ1v) is 9.44. The van der Waals surface area contributed by atoms with Gasteiger partial charge in [-0.1, -0.05) is 24.3 Å². The van der Waals surface area contributed by atoms with Crippen LogP contribution in [0.15, 0.2) is 48.8 Å². The number of benzene rings is 2. The summed E-state index contributed by atoms with van der Waals surface area (Å²) in [6.07, 6.45) is 1.58. The molecule has 0 saturated carbocycles. The van der Waals surface area contributed by atoms with E-state index in [9.17, 15) is 9.59 Å². The summed E-state index contributed by atoms with van der Waals surface area (Å²) in [4.78, 5) is 31.5. The second-order valence-corrected chi connectivity index (χ2v) is 7.35. The first kappa shape index (κ1) is 17.9. The Hall–Kier alpha value is -3.52. The van der Waals surface area contributed by atoms with E-state index in [0.717, 1.165) is 31.4 Å². The Balaban J connectivity index is 1.66. The Morgan fingerprint density at radius 2 is 1.89 bits per heavy atom. The Bertz CT molecular complexity index is 1220. The molecule has 140 valence electrons. The molecule has 28 heavy (non-hydrogen) atoms. The number of carbonyl (C=O) groups is 2. The summed E-state index contributed by atoms with van der Waals surface area (Å²) in [5.74, 6) is -0.215. The molecule has 0 aliphatic heterocycles. The highest BCUT2D eigenvalue weighted by molar-refractivity contribution is 7.26. The summed E-state index contributed by atoms with van der Waals surface area (Å²) in [6.45, 7) is 0.217. The van der Waals surface area contributed by atoms with Crippen LogP contribution in [-0.2, 0) is 4.79 Å². The lowest BCUT2D eigenvalue weighted by molar-refractivity contribution is -0.117. The molecule has 0 spiro atoms. The molecule has 2 aromatic carbocycles. The number of rotatable bonds is 5. The maximum absolute atomic E-state index is 12.3. The van der Waals surface area contributed by atoms with E-state index < -0.39 is 5.91 Å². The van der Waals surface area contributed by atoms with Crippen LogP contribution in [0.4, 0.5) is 5.82 Å². The van der Waals surface area contributed by atoms with Crippen LogP contribution in [0.2, 0.25) is 0 Å². The second-order valence-electron chi connectivity index (χ2n) is 6.30. The van der Waals surface area contributed by atoms with Gasteiger partial charge in [-0.3, -0.25) is 9.59 Å². The fraction of sp³-hybridized carbons (Fsp3) is 0.100. The number of aromatic nitrogens is 2. The third kappa shape index (κ3) is 3.37. The highest BCUT2D eigenvalue weighted by Crippen LogP contribution is 2.37. The van der Waals surface area contributed by atoms with E-state index in [1.165, 1.54) is 6.33 Å². The van der Waals surface area contributed by atoms with Crippen molar-refractivity contribution in [1.82, 2.24) is 15.3 Å². The predicted octanol–water partition coefficient (Wildman–Crippen LogP) is 2.70. The molecule has 0 aliphatic rings. The third-order valence-electron chi connectivity index (χ3n) is 4.40. The molecule has 2 heterocycles. The van der Waals surface area contributed by atoms with E-state index in [1.807, 2.05) is 30.3 Å². The minimum atomic E-state index is -0.448. The number of hydrogen-bond donors (Lipinski definition) is 3. The summed E-state index contributed by atoms with van der Waals surface area (Å²) >= 11 is 1.55. The van der Waals surface area contributed by atoms with E-state index in [-0.39, 0.29) is 18.9 Å². The van der Waals surface area contributed by atoms with Gasteiger partial charge in [0.05, 0.1) is 10.2 Å². The lowest BCUT2D eigenvalue weighted by Crippen LogP contribution is -2.27. The number of nitrogens with zero attached hydrogens (tertiary/aromatic N) is 2. The first-order valence-electron chi connectivity index (χ1n) is 8.62. The van der Waals surface area contributed by atoms with Crippen LogP contribution in [0.1, 0.15) is 16.8 Å². The van der Waals surface area contributed by atoms with Crippen LogP contribution in [0.3, 0.4) is 0 Å². The third-order valence-corrected chi connectivity index (χ3v) is 5.56. The molecule has 5 N–H and O–H groups in total. The number of carbonyl (C=O) groups excluding carboxylic acids is 2. The summed E-state index contributed by atoms with van der Waals surface area (Å²) in [5, 5.41) is 3.72. The van der Waals surface area contributed by atoms with Crippen molar-refractivity contribution in [3.8, 4) is 11.1 Å². The van der Waals surface area contributed by atoms with Gasteiger partial charge in [0.2, 0.25) is 5.91 Å². The molecule has 0 radical (unpaired) electrons. The average Bonchev–Trinajstić information content (AvgIpc) is 3.07. The van der Waals surface area contributed by atoms with Crippen molar-refractivity contribution in [2.45, 2.75) is 6.42 Å². The Labute approximate surface area is 164 Å². The van der Waals surface area contributed by atoms with Crippen LogP contribution in [-0.4, -0.2) is 28.3 Å². The number of amides is 2. The lowest BCUT2D eigenvalue weighted by atomic mass is 10.0. The zero-order chi connectivity index (χ0) is 19.7. The van der Waals surface area contributed by atoms with E-state index in [1.54, 1.807) is 17.4 Å². The lowest BCUT2D eigenvalue weighted by Gasteiger charge is -2.07. The number of primary amides is 1. The quantitative estimate of drug-likeness (QED) is 0.482. The number of nitrogens with one attached hydrogen (secondary N) is 1. The van der Waals surface area contributed by atoms with Gasteiger partial charge in [-0.2, -0.15) is 0 Å². The largest absolute Gasteiger partial charge is 0.382 e. The van der Waals surface area contributed by atoms with Crippen LogP contribution in [0.5, 0.6) is 0 Å². The van der Waals surface area contributed by atoms with E-state index in [0.29, 0.717) is 11.4 Å². The SMILES string of the molecule is NC(=O)CCNC(=O)c1cccc(-c2ccc3c(c2)sc2c(N)ncnc23)c1. The molecule has 0 saturated heterocycles. The summed E-state index contributed by atoms with van der Waals surface area (Å²) in [6, 6.07) is 13.4. The standard InChI is InChI=1S/C20H17N5O2S/c21-16(26)6-7-23-20(27)13-3-1-2-11(8-13)12-4-5-14-15(9-12)28-18-17(14)24-10-25-19(18)22/h1-5,8-10H,6-7H2,(H2,21,26)(H,23,27)(H2,22,24,25). The molecule has 4 rings (SSSR count). The number of thiophene rings is 1. The molecular weight excluding hydrogens is 374 g/mol. The number of hydrogen-bond acceptors (Lipinski definition) is 6. The molecule has 7 nitrogen and oxygen atoms in total. The van der Waals surface area contributed by atoms with Crippen LogP contribution in [0.25, 0.3) is 31.4 Å². The molecule has 8 heteroatoms. The van der Waals surface area contributed by atoms with Gasteiger partial charge in [-0.25, -0.2) is 9.97 Å². The van der Waals surface area contributed by atoms with Gasteiger partial charge in [-0.05, 0) is 29.3 Å². The molecule has 0 atom stereocenters. The number of fused-ring (bicyclic) bond motifs is 3. The van der Waals surface area contributed by atoms with Crippen molar-refractivity contribution in [1.29, 1.82) is 0 Å². The van der Waals surface area contributed by atoms with Gasteiger partial charge in [0.1, 0.15) is 12.1 Å². The zero-order valence-electron chi connectivity index (χ0n) is 14.8. The summed E-state index contributed by atoms with van der Waals surface area (Å²) in [7, 11) is 0. The van der Waals surface area contributed by atoms with Gasteiger partial charge in [0.15, 0.2) is 0 Å². The van der Waals surface area contributed by atoms with Gasteiger partial charge in [-0.15, -0.1) is 11.3 Å². The molecule has 0 unspecified atom stereocenters. The summed E-state index contributed by atoms with van der Waals surface area (Å²) in [5.41, 5.74) is 14.3. The topological polar surface area (TPSA) is 124 Å². The monoisotopic (exact) mass is 391 g/mol. The minimum absolute atomic E-state index is 0.111. The van der Waals surface area contributed by atoms with Gasteiger partial charge < -0.3 is 16.8 Å². The van der Waals surface area contributed by atoms with Crippen molar-refractivity contribution in [2.75, 3.05) is 12.3 Å². The van der Waals surface area contributed by atoms with Crippen molar-refractivity contribution in [3.63, 3.8) is 0 Å². The van der Waals surface area contributed by atoms with Crippen LogP contribution < -0.4 is 16.8 Å². The fourth-order valence-corrected chi connectivity index (χ4v) is 4.11. The molecule has 4 aromatic rings. The maximum Gasteiger partial charge on any atom is 0.251 e. The average molecular weight is 391 g/mol. The van der Waals surface area contributed by atoms with Crippen molar-refractivity contribution in [2.24, 2.45) is 5.73 Å². The van der Waals surface area contributed by atoms with Gasteiger partial charge in [0, 0.05) is 28.6 Å². The molecule has 2 aromatic heterocycles. The highest BCUT2D eigenvalue weighted by atomic mass is 32.1. The van der Waals surface area contributed by atoms with Crippen molar-refractivity contribution in [3.05, 3.63) is 54.4 Å². The molecule has 2 amide bonds. The van der Waals surface area contributed by atoms with Crippen molar-refractivity contribution >= 4 is 49.3 Å². The maximum atomic E-state index is 12.3. The second kappa shape index (κ2) is 7.24. The number of anilines is 1. The van der Waals surface area contributed by atoms with E-state index >= 15 is 0 Å². The Morgan fingerprint density at radius 1 is 1.07 bits per heavy atom. The molecular formula is C20H17N5O2S. The summed E-state index contributed by atoms with van der Waals surface area (Å²) < 4.78 is 1.92. The fourth-order valence-electron chi connectivity index (χ4n) is 3.01. The molecule has 0 aliphatic carbocycles. The Morgan fingerprint density at radius 3 is 2.71 bits per heavy atom. The number of nitrogen functional groups attached to an aromatic ring is 1. The van der Waals surface area contributed by atoms with E-state index in [4.69, 9.17) is 11.5 Å². The first-order chi connectivity index (χ1) is 13.5. The van der Waals surface area contributed by atoms with Crippen molar-refractivity contribution < 1.29 is 9.59 Å². The highest BCUT2D eigenvalue weighted by Gasteiger charge is 2.12. The van der Waals surface area contributed by atoms with Gasteiger partial charge >= 0.3 is 0 Å². The number of nitrogens with two attached hydrogens (primary N) is 2.